The van der Waals surface area contributed by atoms with Gasteiger partial charge in [-0.15, -0.1) is 5.10 Å². The number of anilines is 1. The van der Waals surface area contributed by atoms with E-state index in [1.807, 2.05) is 12.1 Å². The van der Waals surface area contributed by atoms with Crippen LogP contribution in [-0.4, -0.2) is 14.8 Å². The van der Waals surface area contributed by atoms with Crippen LogP contribution in [0.4, 0.5) is 5.69 Å². The zero-order chi connectivity index (χ0) is 11.5. The van der Waals surface area contributed by atoms with Gasteiger partial charge in [0.2, 0.25) is 0 Å². The SMILES string of the molecule is CC(C#N)n1cnc(-c2cccc(N)c2)n1. The van der Waals surface area contributed by atoms with E-state index in [2.05, 4.69) is 16.2 Å². The van der Waals surface area contributed by atoms with Crippen LogP contribution in [0, 0.1) is 11.3 Å². The number of rotatable bonds is 2. The Hall–Kier alpha value is -2.35. The van der Waals surface area contributed by atoms with Crippen LogP contribution in [0.5, 0.6) is 0 Å². The van der Waals surface area contributed by atoms with Crippen LogP contribution in [0.3, 0.4) is 0 Å². The molecule has 2 rings (SSSR count). The molecule has 5 heteroatoms. The van der Waals surface area contributed by atoms with Crippen LogP contribution in [-0.2, 0) is 0 Å². The summed E-state index contributed by atoms with van der Waals surface area (Å²) in [6.45, 7) is 1.76. The van der Waals surface area contributed by atoms with E-state index in [1.54, 1.807) is 25.4 Å². The normalized spacial score (nSPS) is 12.0. The van der Waals surface area contributed by atoms with E-state index in [-0.39, 0.29) is 6.04 Å². The summed E-state index contributed by atoms with van der Waals surface area (Å²) in [5, 5.41) is 13.0. The fourth-order valence-electron chi connectivity index (χ4n) is 1.33. The summed E-state index contributed by atoms with van der Waals surface area (Å²) in [7, 11) is 0. The van der Waals surface area contributed by atoms with Crippen LogP contribution >= 0.6 is 0 Å². The molecule has 1 unspecified atom stereocenters. The molecule has 16 heavy (non-hydrogen) atoms. The van der Waals surface area contributed by atoms with Crippen molar-refractivity contribution in [2.24, 2.45) is 0 Å². The maximum absolute atomic E-state index is 8.75. The summed E-state index contributed by atoms with van der Waals surface area (Å²) >= 11 is 0. The number of nitrogens with two attached hydrogens (primary N) is 1. The van der Waals surface area contributed by atoms with E-state index in [0.717, 1.165) is 5.56 Å². The van der Waals surface area contributed by atoms with Crippen molar-refractivity contribution in [1.29, 1.82) is 5.26 Å². The van der Waals surface area contributed by atoms with Gasteiger partial charge < -0.3 is 5.73 Å². The molecular weight excluding hydrogens is 202 g/mol. The van der Waals surface area contributed by atoms with Crippen LogP contribution < -0.4 is 5.73 Å². The molecule has 2 N–H and O–H groups in total. The molecule has 0 aliphatic heterocycles. The van der Waals surface area contributed by atoms with Crippen molar-refractivity contribution in [3.8, 4) is 17.5 Å². The molecule has 0 bridgehead atoms. The van der Waals surface area contributed by atoms with Gasteiger partial charge >= 0.3 is 0 Å². The first-order valence-corrected chi connectivity index (χ1v) is 4.87. The van der Waals surface area contributed by atoms with Crippen LogP contribution in [0.1, 0.15) is 13.0 Å². The molecule has 5 nitrogen and oxygen atoms in total. The maximum atomic E-state index is 8.75. The predicted molar refractivity (Wildman–Crippen MR) is 60.2 cm³/mol. The smallest absolute Gasteiger partial charge is 0.181 e. The summed E-state index contributed by atoms with van der Waals surface area (Å²) < 4.78 is 1.53. The second-order valence-corrected chi connectivity index (χ2v) is 3.48. The molecule has 0 spiro atoms. The highest BCUT2D eigenvalue weighted by Gasteiger charge is 2.08. The lowest BCUT2D eigenvalue weighted by atomic mass is 10.2. The zero-order valence-corrected chi connectivity index (χ0v) is 8.83. The minimum absolute atomic E-state index is 0.317. The van der Waals surface area contributed by atoms with Gasteiger partial charge in [0, 0.05) is 11.3 Å². The van der Waals surface area contributed by atoms with Crippen molar-refractivity contribution in [1.82, 2.24) is 14.8 Å². The van der Waals surface area contributed by atoms with Crippen molar-refractivity contribution in [3.05, 3.63) is 30.6 Å². The molecule has 1 aromatic heterocycles. The number of hydrogen-bond donors (Lipinski definition) is 1. The van der Waals surface area contributed by atoms with E-state index >= 15 is 0 Å². The molecule has 0 amide bonds. The second-order valence-electron chi connectivity index (χ2n) is 3.48. The Labute approximate surface area is 93.1 Å². The van der Waals surface area contributed by atoms with Gasteiger partial charge in [0.15, 0.2) is 5.82 Å². The third-order valence-electron chi connectivity index (χ3n) is 2.24. The first kappa shape index (κ1) is 10.2. The highest BCUT2D eigenvalue weighted by Crippen LogP contribution is 2.17. The van der Waals surface area contributed by atoms with E-state index in [1.165, 1.54) is 4.68 Å². The van der Waals surface area contributed by atoms with E-state index < -0.39 is 0 Å². The fourth-order valence-corrected chi connectivity index (χ4v) is 1.33. The molecule has 1 atom stereocenters. The number of benzene rings is 1. The molecule has 0 aliphatic rings. The van der Waals surface area contributed by atoms with Gasteiger partial charge in [-0.25, -0.2) is 9.67 Å². The number of nitriles is 1. The summed E-state index contributed by atoms with van der Waals surface area (Å²) in [4.78, 5) is 4.14. The highest BCUT2D eigenvalue weighted by atomic mass is 15.3. The van der Waals surface area contributed by atoms with Gasteiger partial charge in [-0.3, -0.25) is 0 Å². The minimum atomic E-state index is -0.317. The topological polar surface area (TPSA) is 80.5 Å². The molecule has 0 saturated carbocycles. The third kappa shape index (κ3) is 1.86. The van der Waals surface area contributed by atoms with Gasteiger partial charge in [-0.05, 0) is 19.1 Å². The Morgan fingerprint density at radius 3 is 3.00 bits per heavy atom. The van der Waals surface area contributed by atoms with E-state index in [9.17, 15) is 0 Å². The summed E-state index contributed by atoms with van der Waals surface area (Å²) in [6, 6.07) is 9.11. The summed E-state index contributed by atoms with van der Waals surface area (Å²) in [5.74, 6) is 0.578. The van der Waals surface area contributed by atoms with Gasteiger partial charge in [-0.1, -0.05) is 12.1 Å². The first-order valence-electron chi connectivity index (χ1n) is 4.87. The lowest BCUT2D eigenvalue weighted by Crippen LogP contribution is -2.02. The molecule has 0 radical (unpaired) electrons. The number of nitrogen functional groups attached to an aromatic ring is 1. The van der Waals surface area contributed by atoms with Gasteiger partial charge in [0.25, 0.3) is 0 Å². The highest BCUT2D eigenvalue weighted by molar-refractivity contribution is 5.60. The van der Waals surface area contributed by atoms with E-state index in [4.69, 9.17) is 11.0 Å². The maximum Gasteiger partial charge on any atom is 0.181 e. The average Bonchev–Trinajstić information content (AvgIpc) is 2.77. The van der Waals surface area contributed by atoms with Crippen molar-refractivity contribution >= 4 is 5.69 Å². The Balaban J connectivity index is 2.36. The Kier molecular flexibility index (Phi) is 2.56. The molecule has 0 aliphatic carbocycles. The number of hydrogen-bond acceptors (Lipinski definition) is 4. The lowest BCUT2D eigenvalue weighted by molar-refractivity contribution is 0.591. The first-order chi connectivity index (χ1) is 7.70. The number of aromatic nitrogens is 3. The lowest BCUT2D eigenvalue weighted by Gasteiger charge is -2.00. The Morgan fingerprint density at radius 2 is 2.31 bits per heavy atom. The number of nitrogens with zero attached hydrogens (tertiary/aromatic N) is 4. The molecule has 80 valence electrons. The van der Waals surface area contributed by atoms with E-state index in [0.29, 0.717) is 11.5 Å². The van der Waals surface area contributed by atoms with Crippen molar-refractivity contribution in [3.63, 3.8) is 0 Å². The van der Waals surface area contributed by atoms with Gasteiger partial charge in [-0.2, -0.15) is 5.26 Å². The van der Waals surface area contributed by atoms with Crippen LogP contribution in [0.25, 0.3) is 11.4 Å². The summed E-state index contributed by atoms with van der Waals surface area (Å²) in [5.41, 5.74) is 7.19. The monoisotopic (exact) mass is 213 g/mol. The summed E-state index contributed by atoms with van der Waals surface area (Å²) in [6.07, 6.45) is 1.55. The molecule has 0 saturated heterocycles. The molecule has 0 fully saturated rings. The predicted octanol–water partition coefficient (Wildman–Crippen LogP) is 1.61. The third-order valence-corrected chi connectivity index (χ3v) is 2.24. The zero-order valence-electron chi connectivity index (χ0n) is 8.83. The Morgan fingerprint density at radius 1 is 1.50 bits per heavy atom. The molecule has 2 aromatic rings. The largest absolute Gasteiger partial charge is 0.399 e. The van der Waals surface area contributed by atoms with Gasteiger partial charge in [0.1, 0.15) is 12.4 Å². The molecule has 1 aromatic carbocycles. The molecule has 1 heterocycles. The fraction of sp³-hybridized carbons (Fsp3) is 0.182. The minimum Gasteiger partial charge on any atom is -0.399 e. The molecular formula is C11H11N5. The van der Waals surface area contributed by atoms with Crippen molar-refractivity contribution in [2.75, 3.05) is 5.73 Å². The quantitative estimate of drug-likeness (QED) is 0.768. The standard InChI is InChI=1S/C11H11N5/c1-8(6-12)16-7-14-11(15-16)9-3-2-4-10(13)5-9/h2-5,7-8H,13H2,1H3. The van der Waals surface area contributed by atoms with Crippen molar-refractivity contribution < 1.29 is 0 Å². The van der Waals surface area contributed by atoms with Crippen LogP contribution in [0.2, 0.25) is 0 Å². The Bertz CT molecular complexity index is 537. The second kappa shape index (κ2) is 4.03. The average molecular weight is 213 g/mol. The van der Waals surface area contributed by atoms with Crippen LogP contribution in [0.15, 0.2) is 30.6 Å². The van der Waals surface area contributed by atoms with Crippen molar-refractivity contribution in [2.45, 2.75) is 13.0 Å². The van der Waals surface area contributed by atoms with Gasteiger partial charge in [0.05, 0.1) is 6.07 Å².